The molecule has 1 aliphatic heterocycles. The topological polar surface area (TPSA) is 94.2 Å². The number of ether oxygens (including phenoxy) is 3. The highest BCUT2D eigenvalue weighted by Gasteiger charge is 2.29. The number of morpholine rings is 1. The Balaban J connectivity index is 1.78. The predicted octanol–water partition coefficient (Wildman–Crippen LogP) is 3.64. The summed E-state index contributed by atoms with van der Waals surface area (Å²) in [7, 11) is 1.24. The van der Waals surface area contributed by atoms with Crippen molar-refractivity contribution in [3.05, 3.63) is 44.2 Å². The van der Waals surface area contributed by atoms with E-state index in [-0.39, 0.29) is 28.1 Å². The highest BCUT2D eigenvalue weighted by Crippen LogP contribution is 2.35. The molecule has 2 aromatic rings. The molecule has 2 heterocycles. The monoisotopic (exact) mass is 486 g/mol. The van der Waals surface area contributed by atoms with Crippen molar-refractivity contribution in [1.82, 2.24) is 4.90 Å². The van der Waals surface area contributed by atoms with Gasteiger partial charge in [0.2, 0.25) is 0 Å². The molecule has 0 atom stereocenters. The lowest BCUT2D eigenvalue weighted by atomic mass is 10.1. The summed E-state index contributed by atoms with van der Waals surface area (Å²) in [6.45, 7) is 3.12. The number of rotatable bonds is 6. The van der Waals surface area contributed by atoms with E-state index in [0.29, 0.717) is 47.5 Å². The molecule has 11 heteroatoms. The largest absolute Gasteiger partial charge is 0.482 e. The minimum absolute atomic E-state index is 0.141. The molecule has 2 amide bonds. The van der Waals surface area contributed by atoms with Crippen molar-refractivity contribution < 1.29 is 28.6 Å². The Hall–Kier alpha value is -2.33. The lowest BCUT2D eigenvalue weighted by Crippen LogP contribution is -2.40. The van der Waals surface area contributed by atoms with Gasteiger partial charge in [-0.3, -0.25) is 9.59 Å². The molecule has 0 spiro atoms. The van der Waals surface area contributed by atoms with Crippen LogP contribution in [-0.4, -0.2) is 62.7 Å². The second-order valence-corrected chi connectivity index (χ2v) is 8.43. The Morgan fingerprint density at radius 1 is 1.23 bits per heavy atom. The van der Waals surface area contributed by atoms with Crippen LogP contribution in [0, 0.1) is 6.92 Å². The fraction of sp³-hybridized carbons (Fsp3) is 0.350. The number of nitrogens with one attached hydrogen (secondary N) is 1. The number of halogens is 2. The van der Waals surface area contributed by atoms with Crippen molar-refractivity contribution in [2.75, 3.05) is 45.3 Å². The standard InChI is InChI=1S/C20H20Cl2N2O6S/c1-11-16(20(27)28-2)18(31-17(11)19(26)24-5-7-29-8-6-24)23-15(25)10-30-14-4-3-12(21)9-13(14)22/h3-4,9H,5-8,10H2,1-2H3,(H,23,25). The van der Waals surface area contributed by atoms with Crippen LogP contribution >= 0.6 is 34.5 Å². The maximum Gasteiger partial charge on any atom is 0.341 e. The van der Waals surface area contributed by atoms with Crippen LogP contribution in [0.15, 0.2) is 18.2 Å². The second-order valence-electron chi connectivity index (χ2n) is 6.57. The van der Waals surface area contributed by atoms with Crippen molar-refractivity contribution in [3.8, 4) is 5.75 Å². The first-order valence-corrected chi connectivity index (χ1v) is 10.9. The normalized spacial score (nSPS) is 13.6. The third-order valence-electron chi connectivity index (χ3n) is 4.53. The summed E-state index contributed by atoms with van der Waals surface area (Å²) >= 11 is 12.9. The van der Waals surface area contributed by atoms with Crippen LogP contribution in [0.4, 0.5) is 5.00 Å². The van der Waals surface area contributed by atoms with Crippen molar-refractivity contribution in [1.29, 1.82) is 0 Å². The molecule has 166 valence electrons. The number of benzene rings is 1. The summed E-state index contributed by atoms with van der Waals surface area (Å²) in [4.78, 5) is 39.7. The van der Waals surface area contributed by atoms with Gasteiger partial charge in [0.15, 0.2) is 6.61 Å². The number of nitrogens with zero attached hydrogens (tertiary/aromatic N) is 1. The van der Waals surface area contributed by atoms with E-state index in [4.69, 9.17) is 37.4 Å². The third kappa shape index (κ3) is 5.48. The van der Waals surface area contributed by atoms with Crippen LogP contribution in [-0.2, 0) is 14.3 Å². The van der Waals surface area contributed by atoms with Crippen LogP contribution in [0.2, 0.25) is 10.0 Å². The van der Waals surface area contributed by atoms with Gasteiger partial charge in [-0.1, -0.05) is 23.2 Å². The van der Waals surface area contributed by atoms with E-state index in [9.17, 15) is 14.4 Å². The Morgan fingerprint density at radius 3 is 2.58 bits per heavy atom. The van der Waals surface area contributed by atoms with Gasteiger partial charge in [0.1, 0.15) is 10.8 Å². The maximum atomic E-state index is 12.9. The number of hydrogen-bond donors (Lipinski definition) is 1. The zero-order chi connectivity index (χ0) is 22.5. The number of carbonyl (C=O) groups is 3. The van der Waals surface area contributed by atoms with E-state index in [2.05, 4.69) is 5.32 Å². The summed E-state index contributed by atoms with van der Waals surface area (Å²) in [5, 5.41) is 3.56. The molecule has 1 aliphatic rings. The maximum absolute atomic E-state index is 12.9. The minimum Gasteiger partial charge on any atom is -0.482 e. The van der Waals surface area contributed by atoms with Crippen molar-refractivity contribution in [2.24, 2.45) is 0 Å². The van der Waals surface area contributed by atoms with Gasteiger partial charge < -0.3 is 24.4 Å². The van der Waals surface area contributed by atoms with Crippen molar-refractivity contribution in [2.45, 2.75) is 6.92 Å². The lowest BCUT2D eigenvalue weighted by molar-refractivity contribution is -0.118. The summed E-state index contributed by atoms with van der Waals surface area (Å²) in [6.07, 6.45) is 0. The van der Waals surface area contributed by atoms with Crippen LogP contribution in [0.3, 0.4) is 0 Å². The zero-order valence-corrected chi connectivity index (χ0v) is 19.2. The quantitative estimate of drug-likeness (QED) is 0.626. The van der Waals surface area contributed by atoms with Crippen LogP contribution in [0.25, 0.3) is 0 Å². The first-order valence-electron chi connectivity index (χ1n) is 9.28. The minimum atomic E-state index is -0.647. The van der Waals surface area contributed by atoms with Gasteiger partial charge in [-0.25, -0.2) is 4.79 Å². The summed E-state index contributed by atoms with van der Waals surface area (Å²) in [5.74, 6) is -1.10. The van der Waals surface area contributed by atoms with Gasteiger partial charge in [-0.15, -0.1) is 11.3 Å². The highest BCUT2D eigenvalue weighted by molar-refractivity contribution is 7.18. The molecule has 1 N–H and O–H groups in total. The van der Waals surface area contributed by atoms with Crippen molar-refractivity contribution >= 4 is 57.3 Å². The smallest absolute Gasteiger partial charge is 0.341 e. The SMILES string of the molecule is COC(=O)c1c(NC(=O)COc2ccc(Cl)cc2Cl)sc(C(=O)N2CCOCC2)c1C. The number of hydrogen-bond acceptors (Lipinski definition) is 7. The summed E-state index contributed by atoms with van der Waals surface area (Å²) in [5.41, 5.74) is 0.590. The second kappa shape index (κ2) is 10.3. The molecule has 0 saturated carbocycles. The van der Waals surface area contributed by atoms with Gasteiger partial charge in [0, 0.05) is 18.1 Å². The Kier molecular flexibility index (Phi) is 7.77. The Morgan fingerprint density at radius 2 is 1.94 bits per heavy atom. The van der Waals surface area contributed by atoms with Gasteiger partial charge in [-0.2, -0.15) is 0 Å². The molecule has 1 aromatic carbocycles. The van der Waals surface area contributed by atoms with Gasteiger partial charge in [0.25, 0.3) is 11.8 Å². The fourth-order valence-electron chi connectivity index (χ4n) is 2.96. The fourth-order valence-corrected chi connectivity index (χ4v) is 4.60. The third-order valence-corrected chi connectivity index (χ3v) is 6.26. The van der Waals surface area contributed by atoms with E-state index in [1.165, 1.54) is 13.2 Å². The molecule has 8 nitrogen and oxygen atoms in total. The number of carbonyl (C=O) groups excluding carboxylic acids is 3. The van der Waals surface area contributed by atoms with Gasteiger partial charge in [0.05, 0.1) is 35.8 Å². The Bertz CT molecular complexity index is 1000. The molecule has 0 radical (unpaired) electrons. The summed E-state index contributed by atoms with van der Waals surface area (Å²) in [6, 6.07) is 4.63. The molecule has 1 aromatic heterocycles. The molecule has 1 saturated heterocycles. The van der Waals surface area contributed by atoms with E-state index in [1.807, 2.05) is 0 Å². The predicted molar refractivity (Wildman–Crippen MR) is 118 cm³/mol. The highest BCUT2D eigenvalue weighted by atomic mass is 35.5. The van der Waals surface area contributed by atoms with E-state index < -0.39 is 11.9 Å². The molecular formula is C20H20Cl2N2O6S. The van der Waals surface area contributed by atoms with Crippen LogP contribution in [0.5, 0.6) is 5.75 Å². The van der Waals surface area contributed by atoms with Crippen LogP contribution in [0.1, 0.15) is 25.6 Å². The van der Waals surface area contributed by atoms with Gasteiger partial charge >= 0.3 is 5.97 Å². The van der Waals surface area contributed by atoms with Crippen LogP contribution < -0.4 is 10.1 Å². The zero-order valence-electron chi connectivity index (χ0n) is 16.8. The molecule has 0 bridgehead atoms. The van der Waals surface area contributed by atoms with E-state index >= 15 is 0 Å². The number of esters is 1. The summed E-state index contributed by atoms with van der Waals surface area (Å²) < 4.78 is 15.6. The molecule has 0 unspecified atom stereocenters. The lowest BCUT2D eigenvalue weighted by Gasteiger charge is -2.26. The average Bonchev–Trinajstić information content (AvgIpc) is 3.08. The molecule has 31 heavy (non-hydrogen) atoms. The van der Waals surface area contributed by atoms with E-state index in [0.717, 1.165) is 11.3 Å². The van der Waals surface area contributed by atoms with E-state index in [1.54, 1.807) is 24.0 Å². The van der Waals surface area contributed by atoms with Crippen molar-refractivity contribution in [3.63, 3.8) is 0 Å². The molecular weight excluding hydrogens is 467 g/mol. The van der Waals surface area contributed by atoms with Gasteiger partial charge in [-0.05, 0) is 30.7 Å². The number of thiophene rings is 1. The number of anilines is 1. The first-order chi connectivity index (χ1) is 14.8. The Labute approximate surface area is 193 Å². The first kappa shape index (κ1) is 23.3. The number of amides is 2. The molecule has 0 aliphatic carbocycles. The number of methoxy groups -OCH3 is 1. The molecule has 1 fully saturated rings. The molecule has 3 rings (SSSR count). The average molecular weight is 487 g/mol.